The molecule has 0 aliphatic heterocycles. The van der Waals surface area contributed by atoms with Crippen LogP contribution in [0.5, 0.6) is 5.75 Å². The topological polar surface area (TPSA) is 35.2 Å². The van der Waals surface area contributed by atoms with E-state index in [0.29, 0.717) is 12.2 Å². The summed E-state index contributed by atoms with van der Waals surface area (Å²) in [5, 5.41) is 0.158. The maximum Gasteiger partial charge on any atom is 0.173 e. The van der Waals surface area contributed by atoms with Gasteiger partial charge in [-0.3, -0.25) is 4.39 Å². The number of hydrogen-bond acceptors (Lipinski definition) is 2. The molecule has 1 aromatic carbocycles. The van der Waals surface area contributed by atoms with Gasteiger partial charge in [0, 0.05) is 6.04 Å². The molecule has 2 N–H and O–H groups in total. The van der Waals surface area contributed by atoms with Gasteiger partial charge < -0.3 is 10.5 Å². The highest BCUT2D eigenvalue weighted by Crippen LogP contribution is 2.31. The van der Waals surface area contributed by atoms with Crippen molar-refractivity contribution < 1.29 is 13.5 Å². The van der Waals surface area contributed by atoms with Gasteiger partial charge in [-0.2, -0.15) is 0 Å². The van der Waals surface area contributed by atoms with Crippen LogP contribution in [0.1, 0.15) is 24.9 Å². The zero-order valence-corrected chi connectivity index (χ0v) is 9.73. The van der Waals surface area contributed by atoms with E-state index in [1.54, 1.807) is 6.92 Å². The molecule has 0 radical (unpaired) electrons. The monoisotopic (exact) mass is 249 g/mol. The maximum atomic E-state index is 13.5. The van der Waals surface area contributed by atoms with E-state index in [2.05, 4.69) is 0 Å². The van der Waals surface area contributed by atoms with Crippen LogP contribution < -0.4 is 10.5 Å². The number of hydrogen-bond donors (Lipinski definition) is 1. The predicted octanol–water partition coefficient (Wildman–Crippen LogP) is 3.24. The van der Waals surface area contributed by atoms with Gasteiger partial charge in [0.2, 0.25) is 0 Å². The largest absolute Gasteiger partial charge is 0.489 e. The summed E-state index contributed by atoms with van der Waals surface area (Å²) in [5.41, 5.74) is 6.14. The lowest BCUT2D eigenvalue weighted by Crippen LogP contribution is -2.11. The Morgan fingerprint density at radius 2 is 2.19 bits per heavy atom. The summed E-state index contributed by atoms with van der Waals surface area (Å²) in [6, 6.07) is 2.19. The van der Waals surface area contributed by atoms with Crippen molar-refractivity contribution in [2.45, 2.75) is 19.4 Å². The van der Waals surface area contributed by atoms with E-state index in [4.69, 9.17) is 22.1 Å². The lowest BCUT2D eigenvalue weighted by molar-refractivity contribution is 0.321. The standard InChI is InChI=1S/C11H14ClF2NO/c1-2-16-11-8(12)5-7(6-9(11)14)10(15)3-4-13/h5-6,10H,2-4,15H2,1H3/t10-/m0/s1. The molecular weight excluding hydrogens is 236 g/mol. The molecule has 5 heteroatoms. The first-order valence-corrected chi connectivity index (χ1v) is 5.41. The first kappa shape index (κ1) is 13.2. The van der Waals surface area contributed by atoms with Gasteiger partial charge in [0.1, 0.15) is 0 Å². The summed E-state index contributed by atoms with van der Waals surface area (Å²) < 4.78 is 30.7. The number of halogens is 3. The zero-order valence-electron chi connectivity index (χ0n) is 8.97. The van der Waals surface area contributed by atoms with Gasteiger partial charge in [0.15, 0.2) is 11.6 Å². The molecule has 1 atom stereocenters. The fraction of sp³-hybridized carbons (Fsp3) is 0.455. The van der Waals surface area contributed by atoms with Crippen molar-refractivity contribution in [2.75, 3.05) is 13.3 Å². The Labute approximate surface area is 98.3 Å². The molecule has 0 amide bonds. The Morgan fingerprint density at radius 1 is 1.50 bits per heavy atom. The average molecular weight is 250 g/mol. The molecule has 0 aliphatic rings. The van der Waals surface area contributed by atoms with Gasteiger partial charge in [-0.15, -0.1) is 0 Å². The van der Waals surface area contributed by atoms with Crippen LogP contribution in [-0.2, 0) is 0 Å². The molecule has 0 unspecified atom stereocenters. The van der Waals surface area contributed by atoms with E-state index >= 15 is 0 Å². The van der Waals surface area contributed by atoms with Crippen molar-refractivity contribution >= 4 is 11.6 Å². The quantitative estimate of drug-likeness (QED) is 0.870. The molecule has 16 heavy (non-hydrogen) atoms. The summed E-state index contributed by atoms with van der Waals surface area (Å²) in [4.78, 5) is 0. The summed E-state index contributed by atoms with van der Waals surface area (Å²) in [5.74, 6) is -0.556. The van der Waals surface area contributed by atoms with Crippen molar-refractivity contribution in [3.63, 3.8) is 0 Å². The molecule has 0 bridgehead atoms. The van der Waals surface area contributed by atoms with Crippen LogP contribution in [-0.4, -0.2) is 13.3 Å². The molecule has 0 saturated carbocycles. The molecule has 2 nitrogen and oxygen atoms in total. The Balaban J connectivity index is 2.99. The Bertz CT molecular complexity index is 337. The normalized spacial score (nSPS) is 12.6. The lowest BCUT2D eigenvalue weighted by Gasteiger charge is -2.13. The smallest absolute Gasteiger partial charge is 0.173 e. The van der Waals surface area contributed by atoms with E-state index in [9.17, 15) is 8.78 Å². The van der Waals surface area contributed by atoms with Crippen molar-refractivity contribution in [3.8, 4) is 5.75 Å². The molecular formula is C11H14ClF2NO. The second-order valence-corrected chi connectivity index (χ2v) is 3.74. The first-order chi connectivity index (χ1) is 7.60. The van der Waals surface area contributed by atoms with Crippen LogP contribution in [0.2, 0.25) is 5.02 Å². The molecule has 0 fully saturated rings. The number of nitrogens with two attached hydrogens (primary N) is 1. The lowest BCUT2D eigenvalue weighted by atomic mass is 10.0. The molecule has 0 aliphatic carbocycles. The number of rotatable bonds is 5. The van der Waals surface area contributed by atoms with Gasteiger partial charge in [-0.25, -0.2) is 4.39 Å². The highest BCUT2D eigenvalue weighted by atomic mass is 35.5. The van der Waals surface area contributed by atoms with Gasteiger partial charge in [0.05, 0.1) is 18.3 Å². The van der Waals surface area contributed by atoms with Crippen LogP contribution in [0.25, 0.3) is 0 Å². The van der Waals surface area contributed by atoms with Crippen molar-refractivity contribution in [1.82, 2.24) is 0 Å². The minimum Gasteiger partial charge on any atom is -0.489 e. The molecule has 1 aromatic rings. The Kier molecular flexibility index (Phi) is 4.96. The zero-order chi connectivity index (χ0) is 12.1. The SMILES string of the molecule is CCOc1c(F)cc([C@@H](N)CCF)cc1Cl. The van der Waals surface area contributed by atoms with E-state index < -0.39 is 18.5 Å². The summed E-state index contributed by atoms with van der Waals surface area (Å²) in [6.07, 6.45) is 0.143. The summed E-state index contributed by atoms with van der Waals surface area (Å²) >= 11 is 5.84. The third-order valence-corrected chi connectivity index (χ3v) is 2.44. The van der Waals surface area contributed by atoms with Crippen LogP contribution in [0.15, 0.2) is 12.1 Å². The van der Waals surface area contributed by atoms with E-state index in [1.165, 1.54) is 12.1 Å². The van der Waals surface area contributed by atoms with Gasteiger partial charge in [-0.05, 0) is 31.0 Å². The molecule has 0 aromatic heterocycles. The van der Waals surface area contributed by atoms with Gasteiger partial charge in [-0.1, -0.05) is 11.6 Å². The van der Waals surface area contributed by atoms with E-state index in [1.807, 2.05) is 0 Å². The fourth-order valence-corrected chi connectivity index (χ4v) is 1.63. The second-order valence-electron chi connectivity index (χ2n) is 3.33. The molecule has 1 rings (SSSR count). The van der Waals surface area contributed by atoms with E-state index in [-0.39, 0.29) is 17.2 Å². The molecule has 90 valence electrons. The first-order valence-electron chi connectivity index (χ1n) is 5.03. The minimum atomic E-state index is -0.571. The number of alkyl halides is 1. The van der Waals surface area contributed by atoms with Gasteiger partial charge >= 0.3 is 0 Å². The van der Waals surface area contributed by atoms with Crippen molar-refractivity contribution in [1.29, 1.82) is 0 Å². The second kappa shape index (κ2) is 6.01. The Morgan fingerprint density at radius 3 is 2.69 bits per heavy atom. The fourth-order valence-electron chi connectivity index (χ4n) is 1.36. The summed E-state index contributed by atoms with van der Waals surface area (Å²) in [7, 11) is 0. The van der Waals surface area contributed by atoms with Crippen molar-refractivity contribution in [3.05, 3.63) is 28.5 Å². The average Bonchev–Trinajstić information content (AvgIpc) is 2.23. The number of ether oxygens (including phenoxy) is 1. The van der Waals surface area contributed by atoms with Crippen molar-refractivity contribution in [2.24, 2.45) is 5.73 Å². The Hall–Kier alpha value is -0.870. The maximum absolute atomic E-state index is 13.5. The van der Waals surface area contributed by atoms with Crippen LogP contribution in [0, 0.1) is 5.82 Å². The van der Waals surface area contributed by atoms with E-state index in [0.717, 1.165) is 0 Å². The molecule has 0 saturated heterocycles. The highest BCUT2D eigenvalue weighted by Gasteiger charge is 2.14. The van der Waals surface area contributed by atoms with Crippen LogP contribution in [0.3, 0.4) is 0 Å². The predicted molar refractivity (Wildman–Crippen MR) is 60.1 cm³/mol. The van der Waals surface area contributed by atoms with Crippen LogP contribution >= 0.6 is 11.6 Å². The summed E-state index contributed by atoms with van der Waals surface area (Å²) in [6.45, 7) is 1.51. The third-order valence-electron chi connectivity index (χ3n) is 2.16. The molecule has 0 spiro atoms. The third kappa shape index (κ3) is 3.06. The molecule has 0 heterocycles. The highest BCUT2D eigenvalue weighted by molar-refractivity contribution is 6.32. The number of benzene rings is 1. The van der Waals surface area contributed by atoms with Crippen LogP contribution in [0.4, 0.5) is 8.78 Å². The van der Waals surface area contributed by atoms with Gasteiger partial charge in [0.25, 0.3) is 0 Å². The minimum absolute atomic E-state index is 0.0142.